The Morgan fingerprint density at radius 2 is 1.54 bits per heavy atom. The molecule has 2 amide bonds. The van der Waals surface area contributed by atoms with Gasteiger partial charge in [-0.25, -0.2) is 0 Å². The Labute approximate surface area is 229 Å². The molecule has 4 aromatic carbocycles. The van der Waals surface area contributed by atoms with Crippen LogP contribution in [0, 0.1) is 0 Å². The molecule has 0 aromatic heterocycles. The summed E-state index contributed by atoms with van der Waals surface area (Å²) in [5, 5.41) is 7.91. The lowest BCUT2D eigenvalue weighted by atomic mass is 10.0. The maximum Gasteiger partial charge on any atom is 0.246 e. The highest BCUT2D eigenvalue weighted by Crippen LogP contribution is 2.19. The third-order valence-electron chi connectivity index (χ3n) is 6.48. The third kappa shape index (κ3) is 8.67. The first-order chi connectivity index (χ1) is 19.0. The fraction of sp³-hybridized carbons (Fsp3) is 0.250. The molecule has 0 aliphatic carbocycles. The van der Waals surface area contributed by atoms with Crippen molar-refractivity contribution in [2.75, 3.05) is 11.9 Å². The van der Waals surface area contributed by atoms with E-state index in [1.165, 1.54) is 0 Å². The Bertz CT molecular complexity index is 1360. The summed E-state index contributed by atoms with van der Waals surface area (Å²) in [4.78, 5) is 25.8. The van der Waals surface area contributed by atoms with Crippen LogP contribution < -0.4 is 26.8 Å². The van der Waals surface area contributed by atoms with E-state index in [1.54, 1.807) is 0 Å². The molecule has 2 atom stereocenters. The number of carbonyl (C=O) groups excluding carboxylic acids is 2. The quantitative estimate of drug-likeness (QED) is 0.205. The number of fused-ring (bicyclic) bond motifs is 1. The first-order valence-corrected chi connectivity index (χ1v) is 13.3. The van der Waals surface area contributed by atoms with Crippen LogP contribution in [-0.2, 0) is 22.6 Å². The average Bonchev–Trinajstić information content (AvgIpc) is 2.95. The molecule has 4 rings (SSSR count). The summed E-state index contributed by atoms with van der Waals surface area (Å²) in [5.41, 5.74) is 14.8. The second-order valence-electron chi connectivity index (χ2n) is 9.69. The topological polar surface area (TPSA) is 119 Å². The summed E-state index contributed by atoms with van der Waals surface area (Å²) < 4.78 is 5.84. The highest BCUT2D eigenvalue weighted by Gasteiger charge is 2.22. The van der Waals surface area contributed by atoms with Crippen LogP contribution in [0.25, 0.3) is 10.8 Å². The normalized spacial score (nSPS) is 12.5. The van der Waals surface area contributed by atoms with Crippen molar-refractivity contribution in [3.63, 3.8) is 0 Å². The number of hydrogen-bond acceptors (Lipinski definition) is 5. The van der Waals surface area contributed by atoms with E-state index in [1.807, 2.05) is 97.1 Å². The zero-order valence-electron chi connectivity index (χ0n) is 22.0. The molecule has 4 aromatic rings. The van der Waals surface area contributed by atoms with Gasteiger partial charge in [0, 0.05) is 18.2 Å². The Balaban J connectivity index is 1.27. The summed E-state index contributed by atoms with van der Waals surface area (Å²) in [6, 6.07) is 30.3. The molecule has 0 bridgehead atoms. The fourth-order valence-corrected chi connectivity index (χ4v) is 4.42. The van der Waals surface area contributed by atoms with Gasteiger partial charge in [0.25, 0.3) is 0 Å². The van der Waals surface area contributed by atoms with Crippen molar-refractivity contribution in [1.29, 1.82) is 0 Å². The lowest BCUT2D eigenvalue weighted by Crippen LogP contribution is -2.45. The molecule has 6 N–H and O–H groups in total. The van der Waals surface area contributed by atoms with Gasteiger partial charge in [0.2, 0.25) is 11.8 Å². The van der Waals surface area contributed by atoms with Crippen LogP contribution in [0.5, 0.6) is 5.75 Å². The van der Waals surface area contributed by atoms with Gasteiger partial charge in [-0.1, -0.05) is 72.8 Å². The van der Waals surface area contributed by atoms with Gasteiger partial charge in [0.15, 0.2) is 0 Å². The highest BCUT2D eigenvalue weighted by molar-refractivity contribution is 5.99. The van der Waals surface area contributed by atoms with Gasteiger partial charge in [-0.2, -0.15) is 0 Å². The highest BCUT2D eigenvalue weighted by atomic mass is 16.5. The largest absolute Gasteiger partial charge is 0.489 e. The van der Waals surface area contributed by atoms with Gasteiger partial charge >= 0.3 is 0 Å². The monoisotopic (exact) mass is 524 g/mol. The standard InChI is InChI=1S/C32H36N4O3/c33-18-6-11-30(32(38)35-28-15-14-25-9-4-5-10-26(25)20-28)36-31(37)21-27(34)19-23-12-16-29(17-13-23)39-22-24-7-2-1-3-8-24/h1-5,7-10,12-17,20,27,30H,6,11,18-19,21-22,33-34H2,(H,35,38)(H,36,37). The molecule has 39 heavy (non-hydrogen) atoms. The van der Waals surface area contributed by atoms with E-state index in [4.69, 9.17) is 16.2 Å². The maximum absolute atomic E-state index is 13.0. The summed E-state index contributed by atoms with van der Waals surface area (Å²) in [7, 11) is 0. The first-order valence-electron chi connectivity index (χ1n) is 13.3. The predicted octanol–water partition coefficient (Wildman–Crippen LogP) is 4.54. The van der Waals surface area contributed by atoms with Gasteiger partial charge in [-0.15, -0.1) is 0 Å². The van der Waals surface area contributed by atoms with Gasteiger partial charge in [-0.3, -0.25) is 9.59 Å². The maximum atomic E-state index is 13.0. The van der Waals surface area contributed by atoms with Crippen molar-refractivity contribution in [2.24, 2.45) is 11.5 Å². The van der Waals surface area contributed by atoms with Crippen LogP contribution >= 0.6 is 0 Å². The van der Waals surface area contributed by atoms with Crippen molar-refractivity contribution in [2.45, 2.75) is 44.4 Å². The van der Waals surface area contributed by atoms with Gasteiger partial charge in [-0.05, 0) is 72.0 Å². The molecule has 7 nitrogen and oxygen atoms in total. The Kier molecular flexibility index (Phi) is 10.1. The average molecular weight is 525 g/mol. The van der Waals surface area contributed by atoms with Crippen molar-refractivity contribution < 1.29 is 14.3 Å². The summed E-state index contributed by atoms with van der Waals surface area (Å²) in [5.74, 6) is 0.238. The van der Waals surface area contributed by atoms with Crippen LogP contribution in [0.2, 0.25) is 0 Å². The number of anilines is 1. The number of nitrogens with one attached hydrogen (secondary N) is 2. The zero-order chi connectivity index (χ0) is 27.5. The zero-order valence-corrected chi connectivity index (χ0v) is 22.0. The first kappa shape index (κ1) is 27.8. The van der Waals surface area contributed by atoms with E-state index in [0.717, 1.165) is 27.6 Å². The molecule has 0 heterocycles. The van der Waals surface area contributed by atoms with E-state index in [2.05, 4.69) is 10.6 Å². The van der Waals surface area contributed by atoms with Crippen molar-refractivity contribution in [1.82, 2.24) is 5.32 Å². The second-order valence-corrected chi connectivity index (χ2v) is 9.69. The van der Waals surface area contributed by atoms with Crippen molar-refractivity contribution in [3.05, 3.63) is 108 Å². The smallest absolute Gasteiger partial charge is 0.246 e. The number of carbonyl (C=O) groups is 2. The molecule has 0 saturated heterocycles. The molecule has 0 spiro atoms. The molecular formula is C32H36N4O3. The van der Waals surface area contributed by atoms with E-state index in [9.17, 15) is 9.59 Å². The van der Waals surface area contributed by atoms with Crippen molar-refractivity contribution in [3.8, 4) is 5.75 Å². The summed E-state index contributed by atoms with van der Waals surface area (Å²) in [6.45, 7) is 0.930. The summed E-state index contributed by atoms with van der Waals surface area (Å²) >= 11 is 0. The van der Waals surface area contributed by atoms with Crippen LogP contribution in [-0.4, -0.2) is 30.4 Å². The fourth-order valence-electron chi connectivity index (χ4n) is 4.42. The van der Waals surface area contributed by atoms with E-state index in [-0.39, 0.29) is 24.3 Å². The van der Waals surface area contributed by atoms with Crippen LogP contribution in [0.4, 0.5) is 5.69 Å². The minimum absolute atomic E-state index is 0.106. The van der Waals surface area contributed by atoms with Crippen LogP contribution in [0.15, 0.2) is 97.1 Å². The molecular weight excluding hydrogens is 488 g/mol. The lowest BCUT2D eigenvalue weighted by Gasteiger charge is -2.20. The molecule has 202 valence electrons. The Morgan fingerprint density at radius 3 is 2.28 bits per heavy atom. The minimum Gasteiger partial charge on any atom is -0.489 e. The van der Waals surface area contributed by atoms with Crippen LogP contribution in [0.3, 0.4) is 0 Å². The SMILES string of the molecule is NCCCC(NC(=O)CC(N)Cc1ccc(OCc2ccccc2)cc1)C(=O)Nc1ccc2ccccc2c1. The third-order valence-corrected chi connectivity index (χ3v) is 6.48. The number of nitrogens with two attached hydrogens (primary N) is 2. The number of amides is 2. The second kappa shape index (κ2) is 14.1. The number of hydrogen-bond donors (Lipinski definition) is 4. The Hall–Kier alpha value is -4.20. The van der Waals surface area contributed by atoms with Crippen LogP contribution in [0.1, 0.15) is 30.4 Å². The minimum atomic E-state index is -0.694. The van der Waals surface area contributed by atoms with E-state index in [0.29, 0.717) is 38.1 Å². The molecule has 2 unspecified atom stereocenters. The molecule has 7 heteroatoms. The number of benzene rings is 4. The molecule has 0 aliphatic rings. The van der Waals surface area contributed by atoms with E-state index >= 15 is 0 Å². The molecule has 0 radical (unpaired) electrons. The number of ether oxygens (including phenoxy) is 1. The number of rotatable bonds is 13. The molecule has 0 fully saturated rings. The van der Waals surface area contributed by atoms with E-state index < -0.39 is 6.04 Å². The Morgan fingerprint density at radius 1 is 0.821 bits per heavy atom. The van der Waals surface area contributed by atoms with Gasteiger partial charge < -0.3 is 26.8 Å². The van der Waals surface area contributed by atoms with Gasteiger partial charge in [0.1, 0.15) is 18.4 Å². The molecule has 0 saturated carbocycles. The van der Waals surface area contributed by atoms with Gasteiger partial charge in [0.05, 0.1) is 0 Å². The molecule has 0 aliphatic heterocycles. The summed E-state index contributed by atoms with van der Waals surface area (Å²) in [6.07, 6.45) is 1.69. The van der Waals surface area contributed by atoms with Crippen molar-refractivity contribution >= 4 is 28.3 Å². The predicted molar refractivity (Wildman–Crippen MR) is 156 cm³/mol. The lowest BCUT2D eigenvalue weighted by molar-refractivity contribution is -0.126.